The largest absolute Gasteiger partial charge is 0.497 e. The zero-order valence-corrected chi connectivity index (χ0v) is 17.6. The molecule has 4 rings (SSSR count). The molecule has 1 aromatic carbocycles. The zero-order chi connectivity index (χ0) is 21.3. The van der Waals surface area contributed by atoms with Gasteiger partial charge in [-0.3, -0.25) is 14.6 Å². The van der Waals surface area contributed by atoms with Crippen molar-refractivity contribution in [1.29, 1.82) is 0 Å². The molecule has 3 aliphatic heterocycles. The molecule has 0 aromatic heterocycles. The van der Waals surface area contributed by atoms with E-state index in [4.69, 9.17) is 14.2 Å². The van der Waals surface area contributed by atoms with Gasteiger partial charge in [0, 0.05) is 38.8 Å². The Morgan fingerprint density at radius 1 is 1.13 bits per heavy atom. The number of carbonyl (C=O) groups excluding carboxylic acids is 2. The van der Waals surface area contributed by atoms with Crippen LogP contribution in [0.2, 0.25) is 0 Å². The maximum atomic E-state index is 13.4. The number of urea groups is 1. The second-order valence-corrected chi connectivity index (χ2v) is 7.59. The monoisotopic (exact) mass is 416 g/mol. The Morgan fingerprint density at radius 2 is 1.90 bits per heavy atom. The van der Waals surface area contributed by atoms with Crippen molar-refractivity contribution in [3.05, 3.63) is 35.0 Å². The lowest BCUT2D eigenvalue weighted by molar-refractivity contribution is -0.126. The summed E-state index contributed by atoms with van der Waals surface area (Å²) < 4.78 is 16.3. The summed E-state index contributed by atoms with van der Waals surface area (Å²) in [6.07, 6.45) is 0. The molecule has 1 N–H and O–H groups in total. The number of nitrogens with zero attached hydrogens (tertiary/aromatic N) is 3. The number of carbonyl (C=O) groups is 2. The lowest BCUT2D eigenvalue weighted by atomic mass is 9.94. The van der Waals surface area contributed by atoms with Crippen LogP contribution in [0.4, 0.5) is 4.79 Å². The minimum atomic E-state index is -0.588. The lowest BCUT2D eigenvalue weighted by Gasteiger charge is -2.31. The number of methoxy groups -OCH3 is 2. The van der Waals surface area contributed by atoms with Crippen LogP contribution in [0.15, 0.2) is 29.5 Å². The van der Waals surface area contributed by atoms with E-state index in [0.29, 0.717) is 35.7 Å². The fourth-order valence-electron chi connectivity index (χ4n) is 4.19. The third kappa shape index (κ3) is 3.70. The van der Waals surface area contributed by atoms with E-state index in [9.17, 15) is 9.59 Å². The number of hydrogen-bond acceptors (Lipinski definition) is 6. The Kier molecular flexibility index (Phi) is 5.83. The molecule has 30 heavy (non-hydrogen) atoms. The van der Waals surface area contributed by atoms with Crippen molar-refractivity contribution in [3.63, 3.8) is 0 Å². The van der Waals surface area contributed by atoms with Crippen molar-refractivity contribution in [2.75, 3.05) is 67.2 Å². The quantitative estimate of drug-likeness (QED) is 0.740. The van der Waals surface area contributed by atoms with Gasteiger partial charge in [0.05, 0.1) is 51.3 Å². The van der Waals surface area contributed by atoms with Gasteiger partial charge in [-0.05, 0) is 18.2 Å². The molecule has 0 bridgehead atoms. The average Bonchev–Trinajstić information content (AvgIpc) is 3.11. The van der Waals surface area contributed by atoms with Crippen LogP contribution < -0.4 is 14.8 Å². The fraction of sp³-hybridized carbons (Fsp3) is 0.524. The standard InChI is InChI=1S/C21H28N4O5/c1-23-16-13-25(7-6-24-8-10-30-11-9-24)20(26)18(16)19(22-21(23)27)15-12-14(28-2)4-5-17(15)29-3/h4-5,12,19H,6-11,13H2,1-3H3,(H,22,27). The van der Waals surface area contributed by atoms with E-state index in [1.54, 1.807) is 33.4 Å². The van der Waals surface area contributed by atoms with Gasteiger partial charge in [-0.15, -0.1) is 0 Å². The number of nitrogens with one attached hydrogen (secondary N) is 1. The van der Waals surface area contributed by atoms with Crippen molar-refractivity contribution in [3.8, 4) is 11.5 Å². The van der Waals surface area contributed by atoms with E-state index in [2.05, 4.69) is 10.2 Å². The van der Waals surface area contributed by atoms with Crippen molar-refractivity contribution in [1.82, 2.24) is 20.0 Å². The molecular formula is C21H28N4O5. The van der Waals surface area contributed by atoms with E-state index in [1.165, 1.54) is 4.90 Å². The highest BCUT2D eigenvalue weighted by Gasteiger charge is 2.43. The van der Waals surface area contributed by atoms with E-state index in [1.807, 2.05) is 11.0 Å². The molecule has 0 radical (unpaired) electrons. The molecule has 162 valence electrons. The summed E-state index contributed by atoms with van der Waals surface area (Å²) in [6.45, 7) is 5.01. The molecule has 3 aliphatic rings. The SMILES string of the molecule is COc1ccc(OC)c(C2NC(=O)N(C)C3=C2C(=O)N(CCN2CCOCC2)C3)c1. The van der Waals surface area contributed by atoms with E-state index in [0.717, 1.165) is 38.5 Å². The molecule has 9 heteroatoms. The van der Waals surface area contributed by atoms with Crippen LogP contribution >= 0.6 is 0 Å². The number of ether oxygens (including phenoxy) is 3. The minimum Gasteiger partial charge on any atom is -0.497 e. The predicted octanol–water partition coefficient (Wildman–Crippen LogP) is 0.828. The Labute approximate surface area is 176 Å². The molecule has 0 aliphatic carbocycles. The fourth-order valence-corrected chi connectivity index (χ4v) is 4.19. The molecule has 1 fully saturated rings. The Bertz CT molecular complexity index is 865. The first-order chi connectivity index (χ1) is 14.5. The van der Waals surface area contributed by atoms with Gasteiger partial charge in [-0.1, -0.05) is 0 Å². The van der Waals surface area contributed by atoms with Crippen molar-refractivity contribution >= 4 is 11.9 Å². The zero-order valence-electron chi connectivity index (χ0n) is 17.6. The summed E-state index contributed by atoms with van der Waals surface area (Å²) in [6, 6.07) is 4.55. The summed E-state index contributed by atoms with van der Waals surface area (Å²) >= 11 is 0. The average molecular weight is 416 g/mol. The van der Waals surface area contributed by atoms with Gasteiger partial charge in [0.25, 0.3) is 5.91 Å². The highest BCUT2D eigenvalue weighted by molar-refractivity contribution is 6.01. The van der Waals surface area contributed by atoms with Gasteiger partial charge < -0.3 is 24.4 Å². The van der Waals surface area contributed by atoms with Gasteiger partial charge in [0.2, 0.25) is 0 Å². The van der Waals surface area contributed by atoms with Gasteiger partial charge in [-0.2, -0.15) is 0 Å². The summed E-state index contributed by atoms with van der Waals surface area (Å²) in [7, 11) is 4.85. The molecule has 1 atom stereocenters. The third-order valence-corrected chi connectivity index (χ3v) is 5.97. The molecule has 1 aromatic rings. The van der Waals surface area contributed by atoms with Gasteiger partial charge in [-0.25, -0.2) is 4.79 Å². The summed E-state index contributed by atoms with van der Waals surface area (Å²) in [5.41, 5.74) is 2.03. The van der Waals surface area contributed by atoms with Gasteiger partial charge in [0.1, 0.15) is 11.5 Å². The van der Waals surface area contributed by atoms with Crippen LogP contribution in [-0.4, -0.2) is 93.8 Å². The van der Waals surface area contributed by atoms with Crippen LogP contribution in [0.5, 0.6) is 11.5 Å². The first-order valence-electron chi connectivity index (χ1n) is 10.1. The summed E-state index contributed by atoms with van der Waals surface area (Å²) in [4.78, 5) is 31.7. The van der Waals surface area contributed by atoms with E-state index < -0.39 is 6.04 Å². The first kappa shape index (κ1) is 20.5. The maximum absolute atomic E-state index is 13.4. The van der Waals surface area contributed by atoms with Crippen LogP contribution in [-0.2, 0) is 9.53 Å². The van der Waals surface area contributed by atoms with E-state index >= 15 is 0 Å². The lowest BCUT2D eigenvalue weighted by Crippen LogP contribution is -2.45. The highest BCUT2D eigenvalue weighted by Crippen LogP contribution is 2.40. The van der Waals surface area contributed by atoms with E-state index in [-0.39, 0.29) is 11.9 Å². The van der Waals surface area contributed by atoms with Crippen LogP contribution in [0.3, 0.4) is 0 Å². The van der Waals surface area contributed by atoms with Gasteiger partial charge >= 0.3 is 6.03 Å². The topological polar surface area (TPSA) is 83.6 Å². The number of hydrogen-bond donors (Lipinski definition) is 1. The smallest absolute Gasteiger partial charge is 0.322 e. The number of amides is 3. The second-order valence-electron chi connectivity index (χ2n) is 7.59. The van der Waals surface area contributed by atoms with Crippen molar-refractivity contribution < 1.29 is 23.8 Å². The van der Waals surface area contributed by atoms with Crippen LogP contribution in [0, 0.1) is 0 Å². The number of likely N-dealkylation sites (N-methyl/N-ethyl adjacent to an activating group) is 1. The first-order valence-corrected chi connectivity index (χ1v) is 10.1. The molecule has 0 spiro atoms. The number of morpholine rings is 1. The van der Waals surface area contributed by atoms with Gasteiger partial charge in [0.15, 0.2) is 0 Å². The van der Waals surface area contributed by atoms with Crippen LogP contribution in [0.25, 0.3) is 0 Å². The Balaban J connectivity index is 1.61. The van der Waals surface area contributed by atoms with Crippen molar-refractivity contribution in [2.24, 2.45) is 0 Å². The molecule has 1 unspecified atom stereocenters. The van der Waals surface area contributed by atoms with Crippen LogP contribution in [0.1, 0.15) is 11.6 Å². The predicted molar refractivity (Wildman–Crippen MR) is 109 cm³/mol. The molecule has 3 amide bonds. The highest BCUT2D eigenvalue weighted by atomic mass is 16.5. The third-order valence-electron chi connectivity index (χ3n) is 5.97. The molecule has 1 saturated heterocycles. The minimum absolute atomic E-state index is 0.0556. The second kappa shape index (κ2) is 8.53. The summed E-state index contributed by atoms with van der Waals surface area (Å²) in [5.74, 6) is 1.17. The number of rotatable bonds is 6. The van der Waals surface area contributed by atoms with Crippen molar-refractivity contribution in [2.45, 2.75) is 6.04 Å². The Hall–Kier alpha value is -2.78. The normalized spacial score (nSPS) is 22.3. The molecular weight excluding hydrogens is 388 g/mol. The molecule has 9 nitrogen and oxygen atoms in total. The Morgan fingerprint density at radius 3 is 2.60 bits per heavy atom. The summed E-state index contributed by atoms with van der Waals surface area (Å²) in [5, 5.41) is 2.96. The molecule has 3 heterocycles. The number of benzene rings is 1. The maximum Gasteiger partial charge on any atom is 0.322 e. The molecule has 0 saturated carbocycles.